The molecule has 0 aliphatic rings. The molecule has 56 valence electrons. The number of rotatable bonds is 1. The standard InChI is InChI=1S/C8H6BrNO/c9-5-7-2-1-6-3-4-11-8(6)10-7/h1-4H,5H2. The van der Waals surface area contributed by atoms with Gasteiger partial charge < -0.3 is 4.42 Å². The second-order valence-electron chi connectivity index (χ2n) is 2.25. The van der Waals surface area contributed by atoms with E-state index in [1.54, 1.807) is 6.26 Å². The summed E-state index contributed by atoms with van der Waals surface area (Å²) in [5.41, 5.74) is 1.70. The molecule has 0 unspecified atom stereocenters. The summed E-state index contributed by atoms with van der Waals surface area (Å²) in [4.78, 5) is 4.24. The molecule has 0 aliphatic heterocycles. The van der Waals surface area contributed by atoms with Gasteiger partial charge in [0.05, 0.1) is 12.0 Å². The number of fused-ring (bicyclic) bond motifs is 1. The van der Waals surface area contributed by atoms with Crippen LogP contribution in [0.2, 0.25) is 0 Å². The van der Waals surface area contributed by atoms with Crippen LogP contribution in [0.1, 0.15) is 5.69 Å². The van der Waals surface area contributed by atoms with Gasteiger partial charge in [-0.1, -0.05) is 15.9 Å². The molecule has 0 spiro atoms. The molecule has 0 radical (unpaired) electrons. The number of halogens is 1. The Balaban J connectivity index is 2.67. The van der Waals surface area contributed by atoms with E-state index < -0.39 is 0 Å². The SMILES string of the molecule is BrCc1ccc2ccoc2n1. The minimum Gasteiger partial charge on any atom is -0.446 e. The zero-order chi connectivity index (χ0) is 7.68. The molecule has 0 saturated heterocycles. The summed E-state index contributed by atoms with van der Waals surface area (Å²) in [7, 11) is 0. The molecule has 2 aromatic rings. The van der Waals surface area contributed by atoms with Crippen LogP contribution in [-0.4, -0.2) is 4.98 Å². The van der Waals surface area contributed by atoms with Gasteiger partial charge in [0, 0.05) is 10.7 Å². The van der Waals surface area contributed by atoms with Crippen molar-refractivity contribution in [2.24, 2.45) is 0 Å². The van der Waals surface area contributed by atoms with Crippen LogP contribution in [0.25, 0.3) is 11.1 Å². The van der Waals surface area contributed by atoms with Gasteiger partial charge in [-0.15, -0.1) is 0 Å². The van der Waals surface area contributed by atoms with E-state index in [2.05, 4.69) is 20.9 Å². The van der Waals surface area contributed by atoms with Crippen molar-refractivity contribution in [3.05, 3.63) is 30.2 Å². The number of pyridine rings is 1. The second-order valence-corrected chi connectivity index (χ2v) is 2.81. The molecule has 0 atom stereocenters. The molecule has 0 bridgehead atoms. The summed E-state index contributed by atoms with van der Waals surface area (Å²) in [6.07, 6.45) is 1.65. The lowest BCUT2D eigenvalue weighted by atomic mass is 10.3. The van der Waals surface area contributed by atoms with Crippen LogP contribution in [0, 0.1) is 0 Å². The lowest BCUT2D eigenvalue weighted by Gasteiger charge is -1.91. The first-order chi connectivity index (χ1) is 5.40. The Morgan fingerprint density at radius 1 is 1.36 bits per heavy atom. The fourth-order valence-corrected chi connectivity index (χ4v) is 1.27. The van der Waals surface area contributed by atoms with Crippen molar-refractivity contribution in [1.29, 1.82) is 0 Å². The first kappa shape index (κ1) is 6.85. The van der Waals surface area contributed by atoms with Gasteiger partial charge in [0.15, 0.2) is 0 Å². The summed E-state index contributed by atoms with van der Waals surface area (Å²) in [5.74, 6) is 0. The minimum absolute atomic E-state index is 0.710. The van der Waals surface area contributed by atoms with Gasteiger partial charge in [-0.2, -0.15) is 0 Å². The summed E-state index contributed by atoms with van der Waals surface area (Å²) in [5, 5.41) is 1.82. The maximum atomic E-state index is 5.13. The molecule has 2 nitrogen and oxygen atoms in total. The largest absolute Gasteiger partial charge is 0.446 e. The Hall–Kier alpha value is -0.830. The van der Waals surface area contributed by atoms with Crippen LogP contribution in [0.3, 0.4) is 0 Å². The van der Waals surface area contributed by atoms with Crippen molar-refractivity contribution >= 4 is 27.0 Å². The summed E-state index contributed by atoms with van der Waals surface area (Å²) in [6.45, 7) is 0. The average Bonchev–Trinajstić information content (AvgIpc) is 2.50. The lowest BCUT2D eigenvalue weighted by molar-refractivity contribution is 0.602. The van der Waals surface area contributed by atoms with E-state index in [9.17, 15) is 0 Å². The van der Waals surface area contributed by atoms with E-state index in [-0.39, 0.29) is 0 Å². The van der Waals surface area contributed by atoms with E-state index in [1.807, 2.05) is 18.2 Å². The minimum atomic E-state index is 0.710. The van der Waals surface area contributed by atoms with Gasteiger partial charge in [-0.3, -0.25) is 0 Å². The van der Waals surface area contributed by atoms with Crippen LogP contribution in [-0.2, 0) is 5.33 Å². The van der Waals surface area contributed by atoms with Crippen molar-refractivity contribution in [2.75, 3.05) is 0 Å². The van der Waals surface area contributed by atoms with E-state index in [0.717, 1.165) is 16.4 Å². The molecule has 0 amide bonds. The van der Waals surface area contributed by atoms with Crippen molar-refractivity contribution in [3.8, 4) is 0 Å². The Morgan fingerprint density at radius 2 is 2.27 bits per heavy atom. The maximum absolute atomic E-state index is 5.13. The number of nitrogens with zero attached hydrogens (tertiary/aromatic N) is 1. The second kappa shape index (κ2) is 2.66. The zero-order valence-electron chi connectivity index (χ0n) is 5.75. The molecule has 0 aromatic carbocycles. The summed E-state index contributed by atoms with van der Waals surface area (Å²) >= 11 is 3.33. The molecule has 11 heavy (non-hydrogen) atoms. The molecule has 2 heterocycles. The highest BCUT2D eigenvalue weighted by molar-refractivity contribution is 9.08. The highest BCUT2D eigenvalue weighted by Gasteiger charge is 1.98. The third kappa shape index (κ3) is 1.16. The van der Waals surface area contributed by atoms with Crippen LogP contribution < -0.4 is 0 Å². The maximum Gasteiger partial charge on any atom is 0.226 e. The van der Waals surface area contributed by atoms with Crippen LogP contribution in [0.15, 0.2) is 28.9 Å². The van der Waals surface area contributed by atoms with Gasteiger partial charge >= 0.3 is 0 Å². The number of hydrogen-bond donors (Lipinski definition) is 0. The number of alkyl halides is 1. The molecular formula is C8H6BrNO. The van der Waals surface area contributed by atoms with E-state index in [0.29, 0.717) is 5.71 Å². The predicted molar refractivity (Wildman–Crippen MR) is 46.6 cm³/mol. The molecular weight excluding hydrogens is 206 g/mol. The molecule has 2 aromatic heterocycles. The average molecular weight is 212 g/mol. The van der Waals surface area contributed by atoms with Crippen molar-refractivity contribution < 1.29 is 4.42 Å². The highest BCUT2D eigenvalue weighted by atomic mass is 79.9. The van der Waals surface area contributed by atoms with E-state index in [1.165, 1.54) is 0 Å². The normalized spacial score (nSPS) is 10.6. The Morgan fingerprint density at radius 3 is 3.09 bits per heavy atom. The highest BCUT2D eigenvalue weighted by Crippen LogP contribution is 2.14. The topological polar surface area (TPSA) is 26.0 Å². The fraction of sp³-hybridized carbons (Fsp3) is 0.125. The number of hydrogen-bond acceptors (Lipinski definition) is 2. The molecule has 2 rings (SSSR count). The third-order valence-electron chi connectivity index (χ3n) is 1.51. The molecule has 0 aliphatic carbocycles. The van der Waals surface area contributed by atoms with Gasteiger partial charge in [-0.25, -0.2) is 4.98 Å². The monoisotopic (exact) mass is 211 g/mol. The Bertz CT molecular complexity index is 369. The molecule has 0 fully saturated rings. The van der Waals surface area contributed by atoms with Gasteiger partial charge in [-0.05, 0) is 18.2 Å². The number of aromatic nitrogens is 1. The van der Waals surface area contributed by atoms with Crippen LogP contribution in [0.5, 0.6) is 0 Å². The first-order valence-electron chi connectivity index (χ1n) is 3.29. The summed E-state index contributed by atoms with van der Waals surface area (Å²) in [6, 6.07) is 5.88. The van der Waals surface area contributed by atoms with Crippen molar-refractivity contribution in [3.63, 3.8) is 0 Å². The van der Waals surface area contributed by atoms with E-state index in [4.69, 9.17) is 4.42 Å². The van der Waals surface area contributed by atoms with Gasteiger partial charge in [0.1, 0.15) is 0 Å². The molecule has 0 N–H and O–H groups in total. The van der Waals surface area contributed by atoms with E-state index >= 15 is 0 Å². The van der Waals surface area contributed by atoms with Crippen molar-refractivity contribution in [2.45, 2.75) is 5.33 Å². The predicted octanol–water partition coefficient (Wildman–Crippen LogP) is 2.72. The Labute approximate surface area is 72.4 Å². The quantitative estimate of drug-likeness (QED) is 0.679. The van der Waals surface area contributed by atoms with Gasteiger partial charge in [0.25, 0.3) is 0 Å². The van der Waals surface area contributed by atoms with Crippen LogP contribution in [0.4, 0.5) is 0 Å². The number of furan rings is 1. The van der Waals surface area contributed by atoms with Crippen molar-refractivity contribution in [1.82, 2.24) is 4.98 Å². The van der Waals surface area contributed by atoms with Crippen LogP contribution >= 0.6 is 15.9 Å². The molecule has 3 heteroatoms. The third-order valence-corrected chi connectivity index (χ3v) is 2.09. The zero-order valence-corrected chi connectivity index (χ0v) is 7.34. The first-order valence-corrected chi connectivity index (χ1v) is 4.41. The fourth-order valence-electron chi connectivity index (χ4n) is 0.957. The Kier molecular flexibility index (Phi) is 1.66. The van der Waals surface area contributed by atoms with Gasteiger partial charge in [0.2, 0.25) is 5.71 Å². The smallest absolute Gasteiger partial charge is 0.226 e. The molecule has 0 saturated carbocycles. The summed E-state index contributed by atoms with van der Waals surface area (Å²) < 4.78 is 5.13. The lowest BCUT2D eigenvalue weighted by Crippen LogP contribution is -1.82.